The summed E-state index contributed by atoms with van der Waals surface area (Å²) < 4.78 is 4.99. The molecule has 0 amide bonds. The van der Waals surface area contributed by atoms with Crippen molar-refractivity contribution in [2.45, 2.75) is 25.9 Å². The van der Waals surface area contributed by atoms with Crippen LogP contribution in [-0.4, -0.2) is 31.5 Å². The summed E-state index contributed by atoms with van der Waals surface area (Å²) in [6, 6.07) is 6.06. The highest BCUT2D eigenvalue weighted by molar-refractivity contribution is 6.31. The van der Waals surface area contributed by atoms with Gasteiger partial charge in [-0.05, 0) is 30.5 Å². The van der Waals surface area contributed by atoms with Gasteiger partial charge in [-0.15, -0.1) is 0 Å². The first kappa shape index (κ1) is 14.5. The number of benzene rings is 1. The van der Waals surface area contributed by atoms with Crippen molar-refractivity contribution >= 4 is 11.6 Å². The van der Waals surface area contributed by atoms with Crippen LogP contribution in [0.1, 0.15) is 17.5 Å². The van der Waals surface area contributed by atoms with E-state index in [1.54, 1.807) is 7.11 Å². The molecule has 96 valence electrons. The maximum Gasteiger partial charge on any atom is 0.0585 e. The van der Waals surface area contributed by atoms with Gasteiger partial charge in [0, 0.05) is 31.3 Å². The Hall–Kier alpha value is -0.610. The van der Waals surface area contributed by atoms with Crippen molar-refractivity contribution in [3.05, 3.63) is 34.3 Å². The van der Waals surface area contributed by atoms with Crippen molar-refractivity contribution in [2.75, 3.05) is 20.3 Å². The maximum atomic E-state index is 9.19. The molecule has 0 aliphatic rings. The van der Waals surface area contributed by atoms with Crippen molar-refractivity contribution < 1.29 is 9.84 Å². The van der Waals surface area contributed by atoms with Crippen LogP contribution < -0.4 is 5.32 Å². The fraction of sp³-hybridized carbons (Fsp3) is 0.538. The largest absolute Gasteiger partial charge is 0.395 e. The van der Waals surface area contributed by atoms with Crippen LogP contribution in [0.2, 0.25) is 5.02 Å². The second kappa shape index (κ2) is 7.67. The Kier molecular flexibility index (Phi) is 6.52. The molecule has 1 rings (SSSR count). The zero-order valence-electron chi connectivity index (χ0n) is 10.4. The zero-order valence-corrected chi connectivity index (χ0v) is 11.1. The number of hydrogen-bond acceptors (Lipinski definition) is 3. The molecule has 3 nitrogen and oxygen atoms in total. The number of halogens is 1. The molecule has 0 aliphatic carbocycles. The van der Waals surface area contributed by atoms with E-state index in [-0.39, 0.29) is 12.6 Å². The fourth-order valence-corrected chi connectivity index (χ4v) is 1.73. The molecule has 0 saturated heterocycles. The molecular weight excluding hydrogens is 238 g/mol. The highest BCUT2D eigenvalue weighted by Crippen LogP contribution is 2.16. The Bertz CT molecular complexity index is 344. The average Bonchev–Trinajstić information content (AvgIpc) is 2.34. The molecule has 1 unspecified atom stereocenters. The van der Waals surface area contributed by atoms with Crippen LogP contribution in [0.4, 0.5) is 0 Å². The number of aryl methyl sites for hydroxylation is 1. The van der Waals surface area contributed by atoms with E-state index in [0.29, 0.717) is 13.2 Å². The predicted octanol–water partition coefficient (Wildman–Crippen LogP) is 2.14. The second-order valence-electron chi connectivity index (χ2n) is 4.13. The SMILES string of the molecule is COCCC(CO)NCc1ccc(C)c(Cl)c1. The van der Waals surface area contributed by atoms with E-state index in [1.807, 2.05) is 25.1 Å². The lowest BCUT2D eigenvalue weighted by Gasteiger charge is -2.16. The number of ether oxygens (including phenoxy) is 1. The summed E-state index contributed by atoms with van der Waals surface area (Å²) >= 11 is 6.05. The lowest BCUT2D eigenvalue weighted by Crippen LogP contribution is -2.33. The Labute approximate surface area is 108 Å². The Morgan fingerprint density at radius 1 is 1.47 bits per heavy atom. The Balaban J connectivity index is 2.45. The van der Waals surface area contributed by atoms with Crippen LogP contribution in [0, 0.1) is 6.92 Å². The van der Waals surface area contributed by atoms with Crippen LogP contribution in [-0.2, 0) is 11.3 Å². The minimum Gasteiger partial charge on any atom is -0.395 e. The smallest absolute Gasteiger partial charge is 0.0585 e. The van der Waals surface area contributed by atoms with E-state index in [0.717, 1.165) is 22.6 Å². The van der Waals surface area contributed by atoms with E-state index in [4.69, 9.17) is 16.3 Å². The van der Waals surface area contributed by atoms with E-state index < -0.39 is 0 Å². The molecule has 0 spiro atoms. The van der Waals surface area contributed by atoms with Gasteiger partial charge >= 0.3 is 0 Å². The van der Waals surface area contributed by atoms with Crippen LogP contribution in [0.3, 0.4) is 0 Å². The molecule has 0 radical (unpaired) electrons. The third-order valence-electron chi connectivity index (χ3n) is 2.72. The lowest BCUT2D eigenvalue weighted by molar-refractivity contribution is 0.159. The van der Waals surface area contributed by atoms with Crippen molar-refractivity contribution in [2.24, 2.45) is 0 Å². The zero-order chi connectivity index (χ0) is 12.7. The number of nitrogens with one attached hydrogen (secondary N) is 1. The molecular formula is C13H20ClNO2. The van der Waals surface area contributed by atoms with Gasteiger partial charge in [0.1, 0.15) is 0 Å². The highest BCUT2D eigenvalue weighted by Gasteiger charge is 2.06. The molecule has 0 saturated carbocycles. The van der Waals surface area contributed by atoms with Crippen molar-refractivity contribution in [1.82, 2.24) is 5.32 Å². The monoisotopic (exact) mass is 257 g/mol. The molecule has 1 aromatic rings. The van der Waals surface area contributed by atoms with Crippen LogP contribution in [0.5, 0.6) is 0 Å². The van der Waals surface area contributed by atoms with Crippen molar-refractivity contribution in [3.8, 4) is 0 Å². The van der Waals surface area contributed by atoms with Gasteiger partial charge in [0.25, 0.3) is 0 Å². The number of rotatable bonds is 7. The molecule has 4 heteroatoms. The van der Waals surface area contributed by atoms with Crippen molar-refractivity contribution in [3.63, 3.8) is 0 Å². The molecule has 17 heavy (non-hydrogen) atoms. The number of hydrogen-bond donors (Lipinski definition) is 2. The summed E-state index contributed by atoms with van der Waals surface area (Å²) in [5, 5.41) is 13.2. The molecule has 1 atom stereocenters. The third kappa shape index (κ3) is 5.04. The Morgan fingerprint density at radius 2 is 2.24 bits per heavy atom. The predicted molar refractivity (Wildman–Crippen MR) is 70.4 cm³/mol. The minimum absolute atomic E-state index is 0.0648. The normalized spacial score (nSPS) is 12.7. The summed E-state index contributed by atoms with van der Waals surface area (Å²) in [6.07, 6.45) is 0.798. The van der Waals surface area contributed by atoms with Gasteiger partial charge in [-0.1, -0.05) is 23.7 Å². The highest BCUT2D eigenvalue weighted by atomic mass is 35.5. The Morgan fingerprint density at radius 3 is 2.82 bits per heavy atom. The van der Waals surface area contributed by atoms with E-state index >= 15 is 0 Å². The van der Waals surface area contributed by atoms with Gasteiger partial charge < -0.3 is 15.2 Å². The summed E-state index contributed by atoms with van der Waals surface area (Å²) in [4.78, 5) is 0. The summed E-state index contributed by atoms with van der Waals surface area (Å²) in [5.74, 6) is 0. The molecule has 0 heterocycles. The van der Waals surface area contributed by atoms with Gasteiger partial charge in [-0.2, -0.15) is 0 Å². The second-order valence-corrected chi connectivity index (χ2v) is 4.53. The van der Waals surface area contributed by atoms with E-state index in [1.165, 1.54) is 0 Å². The molecule has 1 aromatic carbocycles. The molecule has 0 aliphatic heterocycles. The summed E-state index contributed by atoms with van der Waals surface area (Å²) in [6.45, 7) is 3.44. The lowest BCUT2D eigenvalue weighted by atomic mass is 10.1. The quantitative estimate of drug-likeness (QED) is 0.786. The molecule has 0 bridgehead atoms. The first-order valence-electron chi connectivity index (χ1n) is 5.75. The number of methoxy groups -OCH3 is 1. The summed E-state index contributed by atoms with van der Waals surface area (Å²) in [7, 11) is 1.66. The fourth-order valence-electron chi connectivity index (χ4n) is 1.53. The van der Waals surface area contributed by atoms with Gasteiger partial charge in [0.05, 0.1) is 6.61 Å². The maximum absolute atomic E-state index is 9.19. The van der Waals surface area contributed by atoms with Crippen LogP contribution >= 0.6 is 11.6 Å². The minimum atomic E-state index is 0.0648. The third-order valence-corrected chi connectivity index (χ3v) is 3.13. The van der Waals surface area contributed by atoms with Crippen LogP contribution in [0.25, 0.3) is 0 Å². The van der Waals surface area contributed by atoms with Crippen molar-refractivity contribution in [1.29, 1.82) is 0 Å². The average molecular weight is 258 g/mol. The number of aliphatic hydroxyl groups is 1. The van der Waals surface area contributed by atoms with Gasteiger partial charge in [0.2, 0.25) is 0 Å². The van der Waals surface area contributed by atoms with E-state index in [2.05, 4.69) is 5.32 Å². The topological polar surface area (TPSA) is 41.5 Å². The summed E-state index contributed by atoms with van der Waals surface area (Å²) in [5.41, 5.74) is 2.20. The van der Waals surface area contributed by atoms with Gasteiger partial charge in [0.15, 0.2) is 0 Å². The van der Waals surface area contributed by atoms with Crippen LogP contribution in [0.15, 0.2) is 18.2 Å². The first-order valence-corrected chi connectivity index (χ1v) is 6.13. The molecule has 0 aromatic heterocycles. The first-order chi connectivity index (χ1) is 8.17. The molecule has 2 N–H and O–H groups in total. The van der Waals surface area contributed by atoms with Gasteiger partial charge in [-0.25, -0.2) is 0 Å². The van der Waals surface area contributed by atoms with E-state index in [9.17, 15) is 5.11 Å². The standard InChI is InChI=1S/C13H20ClNO2/c1-10-3-4-11(7-13(10)14)8-15-12(9-16)5-6-17-2/h3-4,7,12,15-16H,5-6,8-9H2,1-2H3. The number of aliphatic hydroxyl groups excluding tert-OH is 1. The van der Waals surface area contributed by atoms with Gasteiger partial charge in [-0.3, -0.25) is 0 Å². The molecule has 0 fully saturated rings.